The lowest BCUT2D eigenvalue weighted by molar-refractivity contribution is 0.102. The number of aliphatic hydroxyl groups is 1. The maximum atomic E-state index is 12.0. The van der Waals surface area contributed by atoms with Gasteiger partial charge in [-0.2, -0.15) is 0 Å². The Morgan fingerprint density at radius 2 is 1.95 bits per heavy atom. The normalized spacial score (nSPS) is 10.1. The van der Waals surface area contributed by atoms with Gasteiger partial charge in [-0.1, -0.05) is 18.2 Å². The molecule has 0 aliphatic heterocycles. The number of anilines is 1. The summed E-state index contributed by atoms with van der Waals surface area (Å²) in [5.74, 6) is 0.450. The number of hydrogen-bond acceptors (Lipinski definition) is 3. The number of benzene rings is 2. The lowest BCUT2D eigenvalue weighted by Crippen LogP contribution is -2.12. The molecule has 0 bridgehead atoms. The maximum Gasteiger partial charge on any atom is 0.255 e. The molecule has 1 amide bonds. The molecule has 0 aromatic heterocycles. The molecule has 2 aromatic rings. The fourth-order valence-corrected chi connectivity index (χ4v) is 1.87. The summed E-state index contributed by atoms with van der Waals surface area (Å²) in [6, 6.07) is 14.2. The van der Waals surface area contributed by atoms with E-state index in [4.69, 9.17) is 4.74 Å². The van der Waals surface area contributed by atoms with Crippen molar-refractivity contribution in [2.24, 2.45) is 0 Å². The molecule has 20 heavy (non-hydrogen) atoms. The molecule has 0 aliphatic rings. The Hall–Kier alpha value is -2.33. The second-order valence-electron chi connectivity index (χ2n) is 4.23. The van der Waals surface area contributed by atoms with Crippen LogP contribution in [0.5, 0.6) is 5.75 Å². The van der Waals surface area contributed by atoms with Gasteiger partial charge in [-0.15, -0.1) is 0 Å². The van der Waals surface area contributed by atoms with E-state index in [2.05, 4.69) is 5.32 Å². The van der Waals surface area contributed by atoms with Crippen LogP contribution in [0, 0.1) is 0 Å². The number of aliphatic hydroxyl groups excluding tert-OH is 1. The van der Waals surface area contributed by atoms with Crippen molar-refractivity contribution in [3.8, 4) is 5.75 Å². The van der Waals surface area contributed by atoms with E-state index >= 15 is 0 Å². The predicted octanol–water partition coefficient (Wildman–Crippen LogP) is 2.83. The molecule has 2 rings (SSSR count). The van der Waals surface area contributed by atoms with Crippen LogP contribution in [0.25, 0.3) is 0 Å². The maximum absolute atomic E-state index is 12.0. The molecule has 104 valence electrons. The van der Waals surface area contributed by atoms with E-state index in [1.165, 1.54) is 0 Å². The third kappa shape index (κ3) is 3.36. The van der Waals surface area contributed by atoms with E-state index in [0.29, 0.717) is 29.2 Å². The van der Waals surface area contributed by atoms with Crippen LogP contribution in [0.15, 0.2) is 48.5 Å². The van der Waals surface area contributed by atoms with E-state index in [1.807, 2.05) is 25.1 Å². The predicted molar refractivity (Wildman–Crippen MR) is 77.9 cm³/mol. The topological polar surface area (TPSA) is 58.6 Å². The highest BCUT2D eigenvalue weighted by Crippen LogP contribution is 2.23. The Kier molecular flexibility index (Phi) is 4.74. The molecule has 0 saturated heterocycles. The number of carbonyl (C=O) groups excluding carboxylic acids is 1. The average Bonchev–Trinajstić information content (AvgIpc) is 2.50. The van der Waals surface area contributed by atoms with Gasteiger partial charge in [0.05, 0.1) is 13.2 Å². The smallest absolute Gasteiger partial charge is 0.255 e. The van der Waals surface area contributed by atoms with Crippen molar-refractivity contribution >= 4 is 11.6 Å². The molecule has 0 spiro atoms. The lowest BCUT2D eigenvalue weighted by Gasteiger charge is -2.11. The van der Waals surface area contributed by atoms with Crippen LogP contribution in [0.1, 0.15) is 22.8 Å². The number of carbonyl (C=O) groups is 1. The van der Waals surface area contributed by atoms with Crippen LogP contribution in [-0.2, 0) is 6.61 Å². The van der Waals surface area contributed by atoms with Crippen LogP contribution < -0.4 is 10.1 Å². The van der Waals surface area contributed by atoms with Gasteiger partial charge in [0.2, 0.25) is 0 Å². The minimum absolute atomic E-state index is 0.135. The molecule has 0 fully saturated rings. The molecule has 0 radical (unpaired) electrons. The van der Waals surface area contributed by atoms with E-state index in [1.54, 1.807) is 30.3 Å². The summed E-state index contributed by atoms with van der Waals surface area (Å²) in [5.41, 5.74) is 1.87. The number of ether oxygens (including phenoxy) is 1. The number of hydrogen-bond donors (Lipinski definition) is 2. The van der Waals surface area contributed by atoms with Gasteiger partial charge in [0.1, 0.15) is 5.75 Å². The first-order valence-corrected chi connectivity index (χ1v) is 6.47. The van der Waals surface area contributed by atoms with Crippen molar-refractivity contribution in [1.82, 2.24) is 0 Å². The summed E-state index contributed by atoms with van der Waals surface area (Å²) in [7, 11) is 0. The molecule has 0 unspecified atom stereocenters. The van der Waals surface area contributed by atoms with Crippen molar-refractivity contribution in [3.63, 3.8) is 0 Å². The van der Waals surface area contributed by atoms with Crippen LogP contribution in [0.3, 0.4) is 0 Å². The Morgan fingerprint density at radius 1 is 1.20 bits per heavy atom. The van der Waals surface area contributed by atoms with Crippen LogP contribution >= 0.6 is 0 Å². The zero-order valence-corrected chi connectivity index (χ0v) is 11.3. The molecule has 0 heterocycles. The second kappa shape index (κ2) is 6.73. The van der Waals surface area contributed by atoms with Gasteiger partial charge < -0.3 is 15.2 Å². The van der Waals surface area contributed by atoms with E-state index in [0.717, 1.165) is 0 Å². The molecule has 4 heteroatoms. The Morgan fingerprint density at radius 3 is 2.60 bits per heavy atom. The zero-order chi connectivity index (χ0) is 14.4. The fraction of sp³-hybridized carbons (Fsp3) is 0.188. The summed E-state index contributed by atoms with van der Waals surface area (Å²) >= 11 is 0. The van der Waals surface area contributed by atoms with Gasteiger partial charge in [-0.3, -0.25) is 4.79 Å². The highest BCUT2D eigenvalue weighted by molar-refractivity contribution is 6.04. The minimum atomic E-state index is -0.182. The molecule has 0 aliphatic carbocycles. The number of rotatable bonds is 5. The van der Waals surface area contributed by atoms with Gasteiger partial charge >= 0.3 is 0 Å². The Labute approximate surface area is 118 Å². The van der Waals surface area contributed by atoms with Gasteiger partial charge in [-0.05, 0) is 37.3 Å². The van der Waals surface area contributed by atoms with Crippen molar-refractivity contribution in [2.75, 3.05) is 11.9 Å². The van der Waals surface area contributed by atoms with E-state index in [-0.39, 0.29) is 12.5 Å². The summed E-state index contributed by atoms with van der Waals surface area (Å²) in [6.45, 7) is 2.28. The molecular formula is C16H17NO3. The molecule has 4 nitrogen and oxygen atoms in total. The van der Waals surface area contributed by atoms with Crippen molar-refractivity contribution in [2.45, 2.75) is 13.5 Å². The summed E-state index contributed by atoms with van der Waals surface area (Å²) in [4.78, 5) is 12.0. The van der Waals surface area contributed by atoms with Gasteiger partial charge in [-0.25, -0.2) is 0 Å². The summed E-state index contributed by atoms with van der Waals surface area (Å²) < 4.78 is 5.40. The third-order valence-corrected chi connectivity index (χ3v) is 2.82. The highest BCUT2D eigenvalue weighted by atomic mass is 16.5. The first-order valence-electron chi connectivity index (χ1n) is 6.47. The first-order chi connectivity index (χ1) is 9.74. The SMILES string of the molecule is CCOc1ccc(NC(=O)c2ccccc2)cc1CO. The third-order valence-electron chi connectivity index (χ3n) is 2.82. The minimum Gasteiger partial charge on any atom is -0.494 e. The number of nitrogens with one attached hydrogen (secondary N) is 1. The standard InChI is InChI=1S/C16H17NO3/c1-2-20-15-9-8-14(10-13(15)11-18)17-16(19)12-6-4-3-5-7-12/h3-10,18H,2,11H2,1H3,(H,17,19). The van der Waals surface area contributed by atoms with Gasteiger partial charge in [0.15, 0.2) is 0 Å². The molecule has 0 atom stereocenters. The molecule has 0 saturated carbocycles. The molecule has 2 N–H and O–H groups in total. The average molecular weight is 271 g/mol. The Balaban J connectivity index is 2.16. The summed E-state index contributed by atoms with van der Waals surface area (Å²) in [6.07, 6.45) is 0. The molecule has 2 aromatic carbocycles. The van der Waals surface area contributed by atoms with Crippen LogP contribution in [-0.4, -0.2) is 17.6 Å². The van der Waals surface area contributed by atoms with Gasteiger partial charge in [0.25, 0.3) is 5.91 Å². The first kappa shape index (κ1) is 14.1. The van der Waals surface area contributed by atoms with E-state index < -0.39 is 0 Å². The quantitative estimate of drug-likeness (QED) is 0.879. The fourth-order valence-electron chi connectivity index (χ4n) is 1.87. The lowest BCUT2D eigenvalue weighted by atomic mass is 10.1. The number of amides is 1. The second-order valence-corrected chi connectivity index (χ2v) is 4.23. The zero-order valence-electron chi connectivity index (χ0n) is 11.3. The van der Waals surface area contributed by atoms with Crippen molar-refractivity contribution in [3.05, 3.63) is 59.7 Å². The highest BCUT2D eigenvalue weighted by Gasteiger charge is 2.08. The largest absolute Gasteiger partial charge is 0.494 e. The van der Waals surface area contributed by atoms with Crippen LogP contribution in [0.2, 0.25) is 0 Å². The van der Waals surface area contributed by atoms with Crippen molar-refractivity contribution in [1.29, 1.82) is 0 Å². The summed E-state index contributed by atoms with van der Waals surface area (Å²) in [5, 5.41) is 12.1. The van der Waals surface area contributed by atoms with E-state index in [9.17, 15) is 9.90 Å². The van der Waals surface area contributed by atoms with Gasteiger partial charge in [0, 0.05) is 16.8 Å². The molecular weight excluding hydrogens is 254 g/mol. The monoisotopic (exact) mass is 271 g/mol. The van der Waals surface area contributed by atoms with Crippen LogP contribution in [0.4, 0.5) is 5.69 Å². The Bertz CT molecular complexity index is 582. The van der Waals surface area contributed by atoms with Crippen molar-refractivity contribution < 1.29 is 14.6 Å².